The molecule has 2 fully saturated rings. The normalized spacial score (nSPS) is 17.3. The second-order valence-electron chi connectivity index (χ2n) is 11.8. The molecule has 1 aromatic heterocycles. The van der Waals surface area contributed by atoms with Gasteiger partial charge in [-0.15, -0.1) is 0 Å². The van der Waals surface area contributed by atoms with Crippen molar-refractivity contribution in [3.63, 3.8) is 0 Å². The Bertz CT molecular complexity index is 1540. The van der Waals surface area contributed by atoms with Crippen LogP contribution >= 0.6 is 11.6 Å². The number of piperidine rings is 1. The van der Waals surface area contributed by atoms with E-state index in [1.54, 1.807) is 18.2 Å². The Kier molecular flexibility index (Phi) is 10.2. The minimum absolute atomic E-state index is 0.0349. The van der Waals surface area contributed by atoms with Gasteiger partial charge in [-0.3, -0.25) is 4.90 Å². The van der Waals surface area contributed by atoms with Gasteiger partial charge in [0.1, 0.15) is 15.7 Å². The number of hydrogen-bond acceptors (Lipinski definition) is 10. The monoisotopic (exact) mass is 642 g/mol. The van der Waals surface area contributed by atoms with Crippen LogP contribution < -0.4 is 20.3 Å². The predicted molar refractivity (Wildman–Crippen MR) is 177 cm³/mol. The van der Waals surface area contributed by atoms with Gasteiger partial charge in [0.2, 0.25) is 16.0 Å². The highest BCUT2D eigenvalue weighted by molar-refractivity contribution is 7.89. The summed E-state index contributed by atoms with van der Waals surface area (Å²) in [6, 6.07) is 13.4. The standard InChI is InChI=1S/C31H43ClN8O3S/c1-22(2)43-28-20-24(39-14-12-23(13-15-39)40-18-16-38(5)17-19-40)10-11-26(28)35-31-33-21-25(32)30(36-31)34-27-8-6-7-9-29(27)44(41,42)37(3)4/h6-11,20-23H,12-19H2,1-5H3,(H2,33,34,35,36). The number of likely N-dealkylation sites (N-methyl/N-ethyl adjacent to an activating group) is 1. The summed E-state index contributed by atoms with van der Waals surface area (Å²) in [7, 11) is 1.48. The number of nitrogens with one attached hydrogen (secondary N) is 2. The highest BCUT2D eigenvalue weighted by Gasteiger charge is 2.27. The van der Waals surface area contributed by atoms with Crippen LogP contribution in [0.1, 0.15) is 26.7 Å². The number of para-hydroxylation sites is 1. The molecule has 0 spiro atoms. The maximum absolute atomic E-state index is 12.9. The largest absolute Gasteiger partial charge is 0.489 e. The van der Waals surface area contributed by atoms with Crippen molar-refractivity contribution in [3.05, 3.63) is 53.7 Å². The highest BCUT2D eigenvalue weighted by Crippen LogP contribution is 2.35. The Balaban J connectivity index is 1.32. The molecular weight excluding hydrogens is 600 g/mol. The van der Waals surface area contributed by atoms with E-state index >= 15 is 0 Å². The number of ether oxygens (including phenoxy) is 1. The molecule has 0 unspecified atom stereocenters. The molecule has 0 saturated carbocycles. The van der Waals surface area contributed by atoms with Crippen LogP contribution in [0.4, 0.5) is 28.8 Å². The summed E-state index contributed by atoms with van der Waals surface area (Å²) >= 11 is 6.44. The van der Waals surface area contributed by atoms with Crippen LogP contribution in [0.15, 0.2) is 53.6 Å². The molecule has 2 N–H and O–H groups in total. The van der Waals surface area contributed by atoms with Crippen molar-refractivity contribution >= 4 is 50.5 Å². The first-order valence-electron chi connectivity index (χ1n) is 15.1. The number of rotatable bonds is 10. The molecule has 11 nitrogen and oxygen atoms in total. The summed E-state index contributed by atoms with van der Waals surface area (Å²) in [5, 5.41) is 6.61. The number of nitrogens with zero attached hydrogens (tertiary/aromatic N) is 6. The SMILES string of the molecule is CC(C)Oc1cc(N2CCC(N3CCN(C)CC3)CC2)ccc1Nc1ncc(Cl)c(Nc2ccccc2S(=O)(=O)N(C)C)n1. The lowest BCUT2D eigenvalue weighted by atomic mass is 10.0. The Labute approximate surface area is 266 Å². The molecule has 0 bridgehead atoms. The van der Waals surface area contributed by atoms with Crippen molar-refractivity contribution in [3.8, 4) is 5.75 Å². The van der Waals surface area contributed by atoms with Gasteiger partial charge in [-0.1, -0.05) is 23.7 Å². The van der Waals surface area contributed by atoms with E-state index in [1.807, 2.05) is 19.9 Å². The third kappa shape index (κ3) is 7.55. The Morgan fingerprint density at radius 3 is 2.36 bits per heavy atom. The van der Waals surface area contributed by atoms with Crippen LogP contribution in [0, 0.1) is 0 Å². The smallest absolute Gasteiger partial charge is 0.244 e. The Hall–Kier alpha value is -3.16. The van der Waals surface area contributed by atoms with Gasteiger partial charge in [0.25, 0.3) is 0 Å². The van der Waals surface area contributed by atoms with Crippen molar-refractivity contribution in [1.29, 1.82) is 0 Å². The molecule has 2 aromatic carbocycles. The van der Waals surface area contributed by atoms with Gasteiger partial charge >= 0.3 is 0 Å². The lowest BCUT2D eigenvalue weighted by Gasteiger charge is -2.42. The predicted octanol–water partition coefficient (Wildman–Crippen LogP) is 4.87. The summed E-state index contributed by atoms with van der Waals surface area (Å²) in [5.41, 5.74) is 2.21. The highest BCUT2D eigenvalue weighted by atomic mass is 35.5. The summed E-state index contributed by atoms with van der Waals surface area (Å²) in [4.78, 5) is 16.6. The zero-order valence-electron chi connectivity index (χ0n) is 26.1. The number of sulfonamides is 1. The number of anilines is 5. The first-order valence-corrected chi connectivity index (χ1v) is 16.9. The van der Waals surface area contributed by atoms with Crippen molar-refractivity contribution in [2.75, 3.05) is 75.9 Å². The Morgan fingerprint density at radius 2 is 1.68 bits per heavy atom. The fraction of sp³-hybridized carbons (Fsp3) is 0.484. The third-order valence-electron chi connectivity index (χ3n) is 8.10. The Morgan fingerprint density at radius 1 is 0.977 bits per heavy atom. The first-order chi connectivity index (χ1) is 21.0. The maximum atomic E-state index is 12.9. The molecule has 2 aliphatic rings. The first kappa shape index (κ1) is 32.2. The molecular formula is C31H43ClN8O3S. The van der Waals surface area contributed by atoms with Crippen molar-refractivity contribution in [1.82, 2.24) is 24.1 Å². The molecule has 13 heteroatoms. The fourth-order valence-corrected chi connectivity index (χ4v) is 6.77. The van der Waals surface area contributed by atoms with Gasteiger partial charge in [-0.05, 0) is 58.0 Å². The van der Waals surface area contributed by atoms with Crippen molar-refractivity contribution in [2.45, 2.75) is 43.7 Å². The summed E-state index contributed by atoms with van der Waals surface area (Å²) in [6.45, 7) is 10.6. The average Bonchev–Trinajstić information content (AvgIpc) is 3.00. The topological polar surface area (TPSA) is 106 Å². The van der Waals surface area contributed by atoms with E-state index < -0.39 is 10.0 Å². The van der Waals surface area contributed by atoms with E-state index in [4.69, 9.17) is 16.3 Å². The van der Waals surface area contributed by atoms with Crippen molar-refractivity contribution in [2.24, 2.45) is 0 Å². The van der Waals surface area contributed by atoms with E-state index in [0.717, 1.165) is 67.8 Å². The zero-order chi connectivity index (χ0) is 31.4. The van der Waals surface area contributed by atoms with E-state index in [9.17, 15) is 8.42 Å². The minimum Gasteiger partial charge on any atom is -0.489 e. The fourth-order valence-electron chi connectivity index (χ4n) is 5.59. The third-order valence-corrected chi connectivity index (χ3v) is 10.3. The molecule has 0 aliphatic carbocycles. The number of aromatic nitrogens is 2. The zero-order valence-corrected chi connectivity index (χ0v) is 27.7. The van der Waals surface area contributed by atoms with Gasteiger partial charge in [0, 0.05) is 71.2 Å². The average molecular weight is 643 g/mol. The van der Waals surface area contributed by atoms with Crippen LogP contribution in [0.5, 0.6) is 5.75 Å². The second kappa shape index (κ2) is 13.9. The lowest BCUT2D eigenvalue weighted by molar-refractivity contribution is 0.0982. The molecule has 5 rings (SSSR count). The molecule has 3 heterocycles. The maximum Gasteiger partial charge on any atom is 0.244 e. The van der Waals surface area contributed by atoms with E-state index in [0.29, 0.717) is 23.4 Å². The number of hydrogen-bond donors (Lipinski definition) is 2. The molecule has 44 heavy (non-hydrogen) atoms. The minimum atomic E-state index is -3.70. The second-order valence-corrected chi connectivity index (χ2v) is 14.4. The van der Waals surface area contributed by atoms with Gasteiger partial charge in [-0.2, -0.15) is 4.98 Å². The van der Waals surface area contributed by atoms with Gasteiger partial charge in [-0.25, -0.2) is 17.7 Å². The molecule has 2 aliphatic heterocycles. The van der Waals surface area contributed by atoms with Gasteiger partial charge < -0.3 is 25.2 Å². The van der Waals surface area contributed by atoms with Crippen LogP contribution in [0.25, 0.3) is 0 Å². The summed E-state index contributed by atoms with van der Waals surface area (Å²) < 4.78 is 33.2. The molecule has 238 valence electrons. The molecule has 0 radical (unpaired) electrons. The van der Waals surface area contributed by atoms with Gasteiger partial charge in [0.05, 0.1) is 23.7 Å². The van der Waals surface area contributed by atoms with Crippen LogP contribution in [-0.4, -0.2) is 105 Å². The molecule has 2 saturated heterocycles. The number of piperazine rings is 1. The van der Waals surface area contributed by atoms with Crippen LogP contribution in [0.2, 0.25) is 5.02 Å². The number of benzene rings is 2. The number of halogens is 1. The van der Waals surface area contributed by atoms with Crippen LogP contribution in [0.3, 0.4) is 0 Å². The van der Waals surface area contributed by atoms with Crippen molar-refractivity contribution < 1.29 is 13.2 Å². The van der Waals surface area contributed by atoms with Gasteiger partial charge in [0.15, 0.2) is 5.82 Å². The quantitative estimate of drug-likeness (QED) is 0.318. The lowest BCUT2D eigenvalue weighted by Crippen LogP contribution is -2.52. The van der Waals surface area contributed by atoms with E-state index in [-0.39, 0.29) is 21.8 Å². The summed E-state index contributed by atoms with van der Waals surface area (Å²) in [5.74, 6) is 1.27. The molecule has 0 amide bonds. The van der Waals surface area contributed by atoms with E-state index in [2.05, 4.69) is 54.5 Å². The van der Waals surface area contributed by atoms with E-state index in [1.165, 1.54) is 26.4 Å². The van der Waals surface area contributed by atoms with Crippen LogP contribution in [-0.2, 0) is 10.0 Å². The summed E-state index contributed by atoms with van der Waals surface area (Å²) in [6.07, 6.45) is 3.74. The molecule has 3 aromatic rings. The molecule has 0 atom stereocenters.